The smallest absolute Gasteiger partial charge is 0.411 e. The molecular weight excluding hydrogens is 252 g/mol. The van der Waals surface area contributed by atoms with Gasteiger partial charge >= 0.3 is 6.09 Å². The number of halogens is 1. The largest absolute Gasteiger partial charge is 0.446 e. The first-order valence-electron chi connectivity index (χ1n) is 6.06. The number of para-hydroxylation sites is 1. The molecule has 1 saturated carbocycles. The number of rotatable bonds is 4. The number of nitrogens with one attached hydrogen (secondary N) is 2. The van der Waals surface area contributed by atoms with E-state index >= 15 is 0 Å². The highest BCUT2D eigenvalue weighted by Gasteiger charge is 2.31. The first kappa shape index (κ1) is 13.2. The maximum atomic E-state index is 11.6. The van der Waals surface area contributed by atoms with E-state index in [0.29, 0.717) is 16.6 Å². The number of amides is 1. The van der Waals surface area contributed by atoms with Crippen molar-refractivity contribution in [2.75, 3.05) is 18.9 Å². The average molecular weight is 269 g/mol. The fourth-order valence-corrected chi connectivity index (χ4v) is 2.26. The fourth-order valence-electron chi connectivity index (χ4n) is 2.08. The second-order valence-corrected chi connectivity index (χ2v) is 4.93. The normalized spacial score (nSPS) is 22.1. The third kappa shape index (κ3) is 3.37. The minimum absolute atomic E-state index is 0.0332. The summed E-state index contributed by atoms with van der Waals surface area (Å²) in [5.74, 6) is 0.619. The van der Waals surface area contributed by atoms with Gasteiger partial charge in [-0.1, -0.05) is 23.7 Å². The zero-order valence-electron chi connectivity index (χ0n) is 10.3. The summed E-state index contributed by atoms with van der Waals surface area (Å²) in [6, 6.07) is 7.10. The second kappa shape index (κ2) is 6.07. The van der Waals surface area contributed by atoms with Crippen molar-refractivity contribution in [2.45, 2.75) is 18.9 Å². The average Bonchev–Trinajstić information content (AvgIpc) is 2.29. The Hall–Kier alpha value is -1.26. The molecule has 2 N–H and O–H groups in total. The quantitative estimate of drug-likeness (QED) is 0.883. The molecule has 0 radical (unpaired) electrons. The monoisotopic (exact) mass is 268 g/mol. The maximum Gasteiger partial charge on any atom is 0.411 e. The molecular formula is C13H17ClN2O2. The van der Waals surface area contributed by atoms with Crippen LogP contribution in [0.4, 0.5) is 10.5 Å². The van der Waals surface area contributed by atoms with Gasteiger partial charge in [0.2, 0.25) is 0 Å². The van der Waals surface area contributed by atoms with Crippen molar-refractivity contribution >= 4 is 23.4 Å². The summed E-state index contributed by atoms with van der Waals surface area (Å²) in [4.78, 5) is 11.6. The lowest BCUT2D eigenvalue weighted by Crippen LogP contribution is -2.38. The van der Waals surface area contributed by atoms with Crippen LogP contribution in [-0.2, 0) is 4.74 Å². The van der Waals surface area contributed by atoms with Crippen LogP contribution in [0, 0.1) is 5.92 Å². The molecule has 1 fully saturated rings. The van der Waals surface area contributed by atoms with Crippen LogP contribution in [0.3, 0.4) is 0 Å². The standard InChI is InChI=1S/C13H17ClN2O2/c1-15-8-9-6-10(7-9)18-13(17)16-12-5-3-2-4-11(12)14/h2-5,9-10,15H,6-8H2,1H3,(H,16,17). The van der Waals surface area contributed by atoms with E-state index in [-0.39, 0.29) is 6.10 Å². The minimum Gasteiger partial charge on any atom is -0.446 e. The zero-order valence-corrected chi connectivity index (χ0v) is 11.0. The molecule has 98 valence electrons. The molecule has 0 heterocycles. The van der Waals surface area contributed by atoms with Crippen LogP contribution in [0.1, 0.15) is 12.8 Å². The lowest BCUT2D eigenvalue weighted by Gasteiger charge is -2.34. The van der Waals surface area contributed by atoms with Gasteiger partial charge in [0.05, 0.1) is 10.7 Å². The molecule has 1 aliphatic rings. The first-order valence-corrected chi connectivity index (χ1v) is 6.43. The fraction of sp³-hybridized carbons (Fsp3) is 0.462. The Kier molecular flexibility index (Phi) is 4.44. The van der Waals surface area contributed by atoms with Crippen LogP contribution >= 0.6 is 11.6 Å². The van der Waals surface area contributed by atoms with Gasteiger partial charge < -0.3 is 10.1 Å². The first-order chi connectivity index (χ1) is 8.69. The molecule has 0 bridgehead atoms. The van der Waals surface area contributed by atoms with Gasteiger partial charge in [0.15, 0.2) is 0 Å². The van der Waals surface area contributed by atoms with Gasteiger partial charge in [-0.15, -0.1) is 0 Å². The van der Waals surface area contributed by atoms with E-state index < -0.39 is 6.09 Å². The van der Waals surface area contributed by atoms with Gasteiger partial charge in [-0.05, 0) is 44.5 Å². The van der Waals surface area contributed by atoms with Crippen LogP contribution < -0.4 is 10.6 Å². The van der Waals surface area contributed by atoms with Crippen molar-refractivity contribution in [1.82, 2.24) is 5.32 Å². The molecule has 2 rings (SSSR count). The van der Waals surface area contributed by atoms with Crippen molar-refractivity contribution in [3.63, 3.8) is 0 Å². The zero-order chi connectivity index (χ0) is 13.0. The van der Waals surface area contributed by atoms with E-state index in [1.807, 2.05) is 19.2 Å². The Morgan fingerprint density at radius 2 is 2.17 bits per heavy atom. The van der Waals surface area contributed by atoms with Gasteiger partial charge in [-0.25, -0.2) is 4.79 Å². The molecule has 1 aromatic carbocycles. The van der Waals surface area contributed by atoms with Gasteiger partial charge in [0, 0.05) is 0 Å². The number of hydrogen-bond acceptors (Lipinski definition) is 3. The van der Waals surface area contributed by atoms with Gasteiger partial charge in [0.1, 0.15) is 6.10 Å². The van der Waals surface area contributed by atoms with Crippen LogP contribution in [-0.4, -0.2) is 25.8 Å². The number of ether oxygens (including phenoxy) is 1. The Morgan fingerprint density at radius 3 is 2.83 bits per heavy atom. The van der Waals surface area contributed by atoms with Gasteiger partial charge in [0.25, 0.3) is 0 Å². The molecule has 0 atom stereocenters. The van der Waals surface area contributed by atoms with E-state index in [9.17, 15) is 4.79 Å². The highest BCUT2D eigenvalue weighted by atomic mass is 35.5. The maximum absolute atomic E-state index is 11.6. The van der Waals surface area contributed by atoms with Crippen LogP contribution in [0.5, 0.6) is 0 Å². The van der Waals surface area contributed by atoms with Gasteiger partial charge in [-0.3, -0.25) is 5.32 Å². The summed E-state index contributed by atoms with van der Waals surface area (Å²) in [5.41, 5.74) is 0.579. The third-order valence-corrected chi connectivity index (χ3v) is 3.40. The molecule has 0 unspecified atom stereocenters. The molecule has 4 nitrogen and oxygen atoms in total. The highest BCUT2D eigenvalue weighted by Crippen LogP contribution is 2.30. The van der Waals surface area contributed by atoms with Crippen molar-refractivity contribution in [3.8, 4) is 0 Å². The van der Waals surface area contributed by atoms with E-state index in [4.69, 9.17) is 16.3 Å². The van der Waals surface area contributed by atoms with Crippen molar-refractivity contribution in [3.05, 3.63) is 29.3 Å². The summed E-state index contributed by atoms with van der Waals surface area (Å²) >= 11 is 5.94. The molecule has 0 spiro atoms. The molecule has 0 aliphatic heterocycles. The minimum atomic E-state index is -0.434. The van der Waals surface area contributed by atoms with Gasteiger partial charge in [-0.2, -0.15) is 0 Å². The summed E-state index contributed by atoms with van der Waals surface area (Å²) in [6.45, 7) is 0.978. The summed E-state index contributed by atoms with van der Waals surface area (Å²) < 4.78 is 5.29. The predicted octanol–water partition coefficient (Wildman–Crippen LogP) is 2.89. The van der Waals surface area contributed by atoms with E-state index in [0.717, 1.165) is 19.4 Å². The Labute approximate surface area is 112 Å². The Balaban J connectivity index is 1.75. The number of hydrogen-bond donors (Lipinski definition) is 2. The molecule has 1 aromatic rings. The topological polar surface area (TPSA) is 50.4 Å². The van der Waals surface area contributed by atoms with Crippen LogP contribution in [0.15, 0.2) is 24.3 Å². The predicted molar refractivity (Wildman–Crippen MR) is 72.0 cm³/mol. The summed E-state index contributed by atoms with van der Waals surface area (Å²) in [6.07, 6.45) is 1.45. The summed E-state index contributed by atoms with van der Waals surface area (Å²) in [7, 11) is 1.93. The van der Waals surface area contributed by atoms with Crippen molar-refractivity contribution in [1.29, 1.82) is 0 Å². The lowest BCUT2D eigenvalue weighted by molar-refractivity contribution is 0.0257. The molecule has 18 heavy (non-hydrogen) atoms. The number of carbonyl (C=O) groups is 1. The molecule has 0 aromatic heterocycles. The number of anilines is 1. The number of benzene rings is 1. The van der Waals surface area contributed by atoms with Crippen molar-refractivity contribution < 1.29 is 9.53 Å². The van der Waals surface area contributed by atoms with Crippen LogP contribution in [0.25, 0.3) is 0 Å². The van der Waals surface area contributed by atoms with Crippen molar-refractivity contribution in [2.24, 2.45) is 5.92 Å². The van der Waals surface area contributed by atoms with Crippen LogP contribution in [0.2, 0.25) is 5.02 Å². The Morgan fingerprint density at radius 1 is 1.44 bits per heavy atom. The highest BCUT2D eigenvalue weighted by molar-refractivity contribution is 6.33. The lowest BCUT2D eigenvalue weighted by atomic mass is 9.82. The third-order valence-electron chi connectivity index (χ3n) is 3.07. The second-order valence-electron chi connectivity index (χ2n) is 4.53. The van der Waals surface area contributed by atoms with E-state index in [1.54, 1.807) is 12.1 Å². The Bertz CT molecular complexity index is 419. The van der Waals surface area contributed by atoms with E-state index in [2.05, 4.69) is 10.6 Å². The summed E-state index contributed by atoms with van der Waals surface area (Å²) in [5, 5.41) is 6.27. The SMILES string of the molecule is CNCC1CC(OC(=O)Nc2ccccc2Cl)C1. The molecule has 0 saturated heterocycles. The molecule has 1 aliphatic carbocycles. The number of carbonyl (C=O) groups excluding carboxylic acids is 1. The molecule has 5 heteroatoms. The molecule has 1 amide bonds. The van der Waals surface area contributed by atoms with E-state index in [1.165, 1.54) is 0 Å².